The number of amides is 1. The molecule has 0 bridgehead atoms. The fourth-order valence-corrected chi connectivity index (χ4v) is 4.65. The highest BCUT2D eigenvalue weighted by Crippen LogP contribution is 2.25. The molecule has 1 unspecified atom stereocenters. The van der Waals surface area contributed by atoms with Crippen LogP contribution in [0, 0.1) is 0 Å². The number of rotatable bonds is 6. The monoisotopic (exact) mass is 368 g/mol. The molecule has 1 aliphatic heterocycles. The predicted molar refractivity (Wildman–Crippen MR) is 105 cm³/mol. The molecule has 1 atom stereocenters. The number of hydrogen-bond acceptors (Lipinski definition) is 3. The Bertz CT molecular complexity index is 487. The number of carbonyl (C=O) groups is 1. The summed E-state index contributed by atoms with van der Waals surface area (Å²) in [7, 11) is 0. The smallest absolute Gasteiger partial charge is 0.224 e. The van der Waals surface area contributed by atoms with Crippen LogP contribution in [-0.2, 0) is 11.2 Å². The van der Waals surface area contributed by atoms with Gasteiger partial charge in [-0.3, -0.25) is 4.79 Å². The lowest BCUT2D eigenvalue weighted by molar-refractivity contribution is -0.133. The summed E-state index contributed by atoms with van der Waals surface area (Å²) in [4.78, 5) is 15.1. The third kappa shape index (κ3) is 5.68. The van der Waals surface area contributed by atoms with Gasteiger partial charge >= 0.3 is 0 Å². The summed E-state index contributed by atoms with van der Waals surface area (Å²) in [6.45, 7) is 1.91. The largest absolute Gasteiger partial charge is 0.339 e. The van der Waals surface area contributed by atoms with Crippen LogP contribution in [0.2, 0.25) is 0 Å². The summed E-state index contributed by atoms with van der Waals surface area (Å²) in [5.41, 5.74) is 1.33. The van der Waals surface area contributed by atoms with E-state index in [-0.39, 0.29) is 12.4 Å². The lowest BCUT2D eigenvalue weighted by Crippen LogP contribution is -2.46. The molecule has 5 heteroatoms. The second-order valence-electron chi connectivity index (χ2n) is 6.69. The molecule has 134 valence electrons. The SMILES string of the molecule is Cl.O=C(CC1CSCCN1)N(CCc1ccccc1)C1CCCC1. The van der Waals surface area contributed by atoms with Crippen LogP contribution in [0.4, 0.5) is 0 Å². The van der Waals surface area contributed by atoms with Gasteiger partial charge in [-0.25, -0.2) is 0 Å². The maximum absolute atomic E-state index is 12.9. The van der Waals surface area contributed by atoms with E-state index in [2.05, 4.69) is 40.5 Å². The summed E-state index contributed by atoms with van der Waals surface area (Å²) >= 11 is 1.97. The van der Waals surface area contributed by atoms with Crippen LogP contribution in [0.5, 0.6) is 0 Å². The van der Waals surface area contributed by atoms with Crippen molar-refractivity contribution in [3.05, 3.63) is 35.9 Å². The van der Waals surface area contributed by atoms with Crippen molar-refractivity contribution in [2.75, 3.05) is 24.6 Å². The Balaban J connectivity index is 0.00000208. The van der Waals surface area contributed by atoms with Gasteiger partial charge in [0.2, 0.25) is 5.91 Å². The Labute approximate surface area is 156 Å². The molecular formula is C19H29ClN2OS. The van der Waals surface area contributed by atoms with Gasteiger partial charge in [0.05, 0.1) is 0 Å². The average molecular weight is 369 g/mol. The molecule has 2 aliphatic rings. The van der Waals surface area contributed by atoms with Crippen molar-refractivity contribution < 1.29 is 4.79 Å². The van der Waals surface area contributed by atoms with Gasteiger partial charge in [0.15, 0.2) is 0 Å². The highest BCUT2D eigenvalue weighted by molar-refractivity contribution is 7.99. The summed E-state index contributed by atoms with van der Waals surface area (Å²) in [6.07, 6.45) is 6.56. The van der Waals surface area contributed by atoms with Crippen molar-refractivity contribution in [2.24, 2.45) is 0 Å². The van der Waals surface area contributed by atoms with E-state index in [1.165, 1.54) is 37.0 Å². The number of thioether (sulfide) groups is 1. The standard InChI is InChI=1S/C19H28N2OS.ClH/c22-19(14-17-15-23-13-11-20-17)21(18-8-4-5-9-18)12-10-16-6-2-1-3-7-16;/h1-3,6-7,17-18,20H,4-5,8-15H2;1H. The minimum Gasteiger partial charge on any atom is -0.339 e. The van der Waals surface area contributed by atoms with E-state index in [4.69, 9.17) is 0 Å². The Morgan fingerprint density at radius 3 is 2.62 bits per heavy atom. The van der Waals surface area contributed by atoms with E-state index < -0.39 is 0 Å². The van der Waals surface area contributed by atoms with Crippen LogP contribution in [-0.4, -0.2) is 47.5 Å². The molecule has 0 radical (unpaired) electrons. The van der Waals surface area contributed by atoms with Gasteiger partial charge in [0.25, 0.3) is 0 Å². The first kappa shape index (κ1) is 19.6. The molecule has 3 nitrogen and oxygen atoms in total. The molecule has 1 N–H and O–H groups in total. The van der Waals surface area contributed by atoms with Crippen LogP contribution in [0.3, 0.4) is 0 Å². The molecule has 1 saturated heterocycles. The molecule has 1 aromatic rings. The molecule has 0 aromatic heterocycles. The van der Waals surface area contributed by atoms with Crippen molar-refractivity contribution in [2.45, 2.75) is 50.6 Å². The average Bonchev–Trinajstić information content (AvgIpc) is 3.11. The minimum absolute atomic E-state index is 0. The van der Waals surface area contributed by atoms with Crippen molar-refractivity contribution in [1.82, 2.24) is 10.2 Å². The van der Waals surface area contributed by atoms with Crippen LogP contribution in [0.1, 0.15) is 37.7 Å². The molecule has 3 rings (SSSR count). The quantitative estimate of drug-likeness (QED) is 0.833. The molecule has 1 amide bonds. The van der Waals surface area contributed by atoms with Crippen LogP contribution < -0.4 is 5.32 Å². The van der Waals surface area contributed by atoms with E-state index >= 15 is 0 Å². The number of hydrogen-bond donors (Lipinski definition) is 1. The zero-order valence-electron chi connectivity index (χ0n) is 14.3. The topological polar surface area (TPSA) is 32.3 Å². The molecule has 24 heavy (non-hydrogen) atoms. The number of benzene rings is 1. The van der Waals surface area contributed by atoms with E-state index in [0.717, 1.165) is 25.3 Å². The maximum Gasteiger partial charge on any atom is 0.224 e. The first-order valence-electron chi connectivity index (χ1n) is 8.97. The molecule has 1 aromatic carbocycles. The number of nitrogens with one attached hydrogen (secondary N) is 1. The second kappa shape index (κ2) is 10.3. The number of carbonyl (C=O) groups excluding carboxylic acids is 1. The third-order valence-corrected chi connectivity index (χ3v) is 6.12. The lowest BCUT2D eigenvalue weighted by atomic mass is 10.1. The second-order valence-corrected chi connectivity index (χ2v) is 7.84. The molecule has 0 spiro atoms. The van der Waals surface area contributed by atoms with E-state index in [1.807, 2.05) is 11.8 Å². The zero-order valence-corrected chi connectivity index (χ0v) is 15.9. The third-order valence-electron chi connectivity index (χ3n) is 4.99. The van der Waals surface area contributed by atoms with Crippen molar-refractivity contribution >= 4 is 30.1 Å². The van der Waals surface area contributed by atoms with E-state index in [1.54, 1.807) is 0 Å². The first-order chi connectivity index (χ1) is 11.3. The van der Waals surface area contributed by atoms with Gasteiger partial charge in [-0.15, -0.1) is 12.4 Å². The van der Waals surface area contributed by atoms with Gasteiger partial charge in [-0.05, 0) is 24.8 Å². The summed E-state index contributed by atoms with van der Waals surface area (Å²) in [5.74, 6) is 2.60. The highest BCUT2D eigenvalue weighted by Gasteiger charge is 2.28. The van der Waals surface area contributed by atoms with Gasteiger partial charge in [0, 0.05) is 43.1 Å². The fraction of sp³-hybridized carbons (Fsp3) is 0.632. The predicted octanol–water partition coefficient (Wildman–Crippen LogP) is 3.52. The van der Waals surface area contributed by atoms with Gasteiger partial charge < -0.3 is 10.2 Å². The van der Waals surface area contributed by atoms with Gasteiger partial charge in [0.1, 0.15) is 0 Å². The molecular weight excluding hydrogens is 340 g/mol. The number of nitrogens with zero attached hydrogens (tertiary/aromatic N) is 1. The van der Waals surface area contributed by atoms with E-state index in [0.29, 0.717) is 24.4 Å². The Kier molecular flexibility index (Phi) is 8.43. The fourth-order valence-electron chi connectivity index (χ4n) is 3.70. The molecule has 1 heterocycles. The van der Waals surface area contributed by atoms with Crippen LogP contribution in [0.15, 0.2) is 30.3 Å². The van der Waals surface area contributed by atoms with E-state index in [9.17, 15) is 4.79 Å². The normalized spacial score (nSPS) is 21.2. The van der Waals surface area contributed by atoms with Crippen molar-refractivity contribution in [3.63, 3.8) is 0 Å². The molecule has 1 aliphatic carbocycles. The zero-order chi connectivity index (χ0) is 15.9. The van der Waals surface area contributed by atoms with Crippen molar-refractivity contribution in [1.29, 1.82) is 0 Å². The highest BCUT2D eigenvalue weighted by atomic mass is 35.5. The first-order valence-corrected chi connectivity index (χ1v) is 10.1. The molecule has 1 saturated carbocycles. The Morgan fingerprint density at radius 1 is 1.21 bits per heavy atom. The summed E-state index contributed by atoms with van der Waals surface area (Å²) in [5, 5.41) is 3.50. The van der Waals surface area contributed by atoms with Crippen LogP contribution in [0.25, 0.3) is 0 Å². The Hall–Kier alpha value is -0.710. The summed E-state index contributed by atoms with van der Waals surface area (Å²) < 4.78 is 0. The lowest BCUT2D eigenvalue weighted by Gasteiger charge is -2.32. The van der Waals surface area contributed by atoms with Crippen molar-refractivity contribution in [3.8, 4) is 0 Å². The van der Waals surface area contributed by atoms with Gasteiger partial charge in [-0.1, -0.05) is 43.2 Å². The maximum atomic E-state index is 12.9. The Morgan fingerprint density at radius 2 is 1.96 bits per heavy atom. The molecule has 2 fully saturated rings. The summed E-state index contributed by atoms with van der Waals surface area (Å²) in [6, 6.07) is 11.4. The van der Waals surface area contributed by atoms with Crippen LogP contribution >= 0.6 is 24.2 Å². The number of halogens is 1. The van der Waals surface area contributed by atoms with Gasteiger partial charge in [-0.2, -0.15) is 11.8 Å². The minimum atomic E-state index is 0.